The molecular formula is C62H45N3O. The largest absolute Gasteiger partial charge is 0.456 e. The van der Waals surface area contributed by atoms with E-state index >= 15 is 0 Å². The van der Waals surface area contributed by atoms with Gasteiger partial charge in [0, 0.05) is 49.7 Å². The Balaban J connectivity index is 0.977. The molecule has 314 valence electrons. The zero-order chi connectivity index (χ0) is 43.9. The summed E-state index contributed by atoms with van der Waals surface area (Å²) >= 11 is 0. The molecule has 4 heteroatoms. The Morgan fingerprint density at radius 3 is 2.03 bits per heavy atom. The van der Waals surface area contributed by atoms with Gasteiger partial charge in [0.1, 0.15) is 11.2 Å². The summed E-state index contributed by atoms with van der Waals surface area (Å²) in [5, 5.41) is 6.24. The summed E-state index contributed by atoms with van der Waals surface area (Å²) in [6, 6.07) is 67.3. The number of allylic oxidation sites excluding steroid dienone is 4. The van der Waals surface area contributed by atoms with E-state index in [0.29, 0.717) is 5.82 Å². The van der Waals surface area contributed by atoms with E-state index in [1.807, 2.05) is 6.07 Å². The van der Waals surface area contributed by atoms with Crippen LogP contribution in [0, 0.1) is 0 Å². The molecule has 1 aliphatic heterocycles. The van der Waals surface area contributed by atoms with Gasteiger partial charge in [-0.15, -0.1) is 0 Å². The zero-order valence-electron chi connectivity index (χ0n) is 36.8. The quantitative estimate of drug-likeness (QED) is 0.181. The van der Waals surface area contributed by atoms with Gasteiger partial charge in [-0.1, -0.05) is 178 Å². The predicted octanol–water partition coefficient (Wildman–Crippen LogP) is 16.3. The molecule has 2 aromatic heterocycles. The molecule has 66 heavy (non-hydrogen) atoms. The lowest BCUT2D eigenvalue weighted by Gasteiger charge is -2.32. The first-order chi connectivity index (χ1) is 32.5. The van der Waals surface area contributed by atoms with Crippen molar-refractivity contribution in [2.24, 2.45) is 0 Å². The Kier molecular flexibility index (Phi) is 8.73. The summed E-state index contributed by atoms with van der Waals surface area (Å²) < 4.78 is 6.77. The van der Waals surface area contributed by atoms with Gasteiger partial charge in [0.05, 0.1) is 17.4 Å². The van der Waals surface area contributed by atoms with Crippen LogP contribution in [-0.2, 0) is 5.41 Å². The molecule has 1 unspecified atom stereocenters. The number of nitrogens with zero attached hydrogens (tertiary/aromatic N) is 2. The Morgan fingerprint density at radius 2 is 1.21 bits per heavy atom. The smallest absolute Gasteiger partial charge is 0.160 e. The molecule has 0 amide bonds. The Morgan fingerprint density at radius 1 is 0.545 bits per heavy atom. The standard InChI is InChI=1S/C62H45N3O/c1-62(2)50-25-12-9-22-45(50)46-33-32-43(35-51(46)62)54-37-53(64-61(65-54)41-18-7-4-8-19-41)42-20-15-21-44(34-42)60-49-36-56-59(48-24-11-14-27-55(48)66-56)57(58(49)47-23-10-13-26-52(47)63-60)40-30-28-39(29-31-40)38-16-5-3-6-17-38/h3-8,10-21,23-37,60,63H,9,22H2,1-2H3. The van der Waals surface area contributed by atoms with Crippen LogP contribution in [0.3, 0.4) is 0 Å². The first kappa shape index (κ1) is 38.4. The van der Waals surface area contributed by atoms with Crippen molar-refractivity contribution in [3.8, 4) is 67.3 Å². The molecule has 1 atom stereocenters. The van der Waals surface area contributed by atoms with Crippen molar-refractivity contribution in [2.45, 2.75) is 38.1 Å². The van der Waals surface area contributed by atoms with E-state index in [1.165, 1.54) is 55.7 Å². The van der Waals surface area contributed by atoms with Crippen LogP contribution in [-0.4, -0.2) is 9.97 Å². The summed E-state index contributed by atoms with van der Waals surface area (Å²) in [4.78, 5) is 10.6. The van der Waals surface area contributed by atoms with Crippen molar-refractivity contribution in [1.29, 1.82) is 0 Å². The zero-order valence-corrected chi connectivity index (χ0v) is 36.8. The molecule has 2 aliphatic carbocycles. The predicted molar refractivity (Wildman–Crippen MR) is 272 cm³/mol. The molecule has 0 saturated heterocycles. The number of hydrogen-bond acceptors (Lipinski definition) is 4. The minimum Gasteiger partial charge on any atom is -0.456 e. The number of fused-ring (bicyclic) bond motifs is 8. The molecule has 3 heterocycles. The molecule has 0 bridgehead atoms. The Bertz CT molecular complexity index is 3630. The highest BCUT2D eigenvalue weighted by Crippen LogP contribution is 2.53. The second kappa shape index (κ2) is 15.0. The molecular weight excluding hydrogens is 803 g/mol. The number of aromatic nitrogens is 2. The van der Waals surface area contributed by atoms with Crippen molar-refractivity contribution in [3.63, 3.8) is 0 Å². The van der Waals surface area contributed by atoms with E-state index in [0.717, 1.165) is 79.7 Å². The van der Waals surface area contributed by atoms with Gasteiger partial charge in [0.25, 0.3) is 0 Å². The van der Waals surface area contributed by atoms with Crippen molar-refractivity contribution in [3.05, 3.63) is 228 Å². The van der Waals surface area contributed by atoms with Crippen LogP contribution in [0.2, 0.25) is 0 Å². The van der Waals surface area contributed by atoms with Crippen molar-refractivity contribution in [1.82, 2.24) is 9.97 Å². The van der Waals surface area contributed by atoms with Crippen molar-refractivity contribution in [2.75, 3.05) is 5.32 Å². The van der Waals surface area contributed by atoms with Crippen LogP contribution < -0.4 is 5.32 Å². The third-order valence-electron chi connectivity index (χ3n) is 14.2. The maximum Gasteiger partial charge on any atom is 0.160 e. The van der Waals surface area contributed by atoms with Crippen LogP contribution >= 0.6 is 0 Å². The van der Waals surface area contributed by atoms with Crippen LogP contribution in [0.15, 0.2) is 210 Å². The highest BCUT2D eigenvalue weighted by molar-refractivity contribution is 6.17. The number of furan rings is 1. The highest BCUT2D eigenvalue weighted by Gasteiger charge is 2.37. The molecule has 4 nitrogen and oxygen atoms in total. The minimum absolute atomic E-state index is 0.0780. The lowest BCUT2D eigenvalue weighted by molar-refractivity contribution is 0.651. The van der Waals surface area contributed by atoms with Gasteiger partial charge in [-0.2, -0.15) is 0 Å². The SMILES string of the molecule is CC1(C)C2=C(CCC=C2)c2ccc(-c3cc(-c4cccc(C5Nc6ccccc6-c6c5cc5oc7ccccc7c5c6-c5ccc(-c6ccccc6)cc5)c4)nc(-c4ccccc4)n3)cc21. The van der Waals surface area contributed by atoms with Gasteiger partial charge in [-0.05, 0) is 105 Å². The first-order valence-electron chi connectivity index (χ1n) is 23.1. The first-order valence-corrected chi connectivity index (χ1v) is 23.1. The summed E-state index contributed by atoms with van der Waals surface area (Å²) in [6.07, 6.45) is 6.86. The monoisotopic (exact) mass is 847 g/mol. The second-order valence-electron chi connectivity index (χ2n) is 18.4. The molecule has 0 radical (unpaired) electrons. The van der Waals surface area contributed by atoms with E-state index in [-0.39, 0.29) is 11.5 Å². The van der Waals surface area contributed by atoms with Crippen molar-refractivity contribution < 1.29 is 4.42 Å². The van der Waals surface area contributed by atoms with Gasteiger partial charge >= 0.3 is 0 Å². The van der Waals surface area contributed by atoms with Crippen LogP contribution in [0.4, 0.5) is 5.69 Å². The number of nitrogens with one attached hydrogen (secondary N) is 1. The summed E-state index contributed by atoms with van der Waals surface area (Å²) in [6.45, 7) is 4.72. The highest BCUT2D eigenvalue weighted by atomic mass is 16.3. The van der Waals surface area contributed by atoms with Crippen LogP contribution in [0.25, 0.3) is 94.8 Å². The van der Waals surface area contributed by atoms with E-state index in [1.54, 1.807) is 0 Å². The number of anilines is 1. The number of rotatable bonds is 6. The van der Waals surface area contributed by atoms with Gasteiger partial charge in [0.2, 0.25) is 0 Å². The van der Waals surface area contributed by atoms with E-state index in [9.17, 15) is 0 Å². The van der Waals surface area contributed by atoms with Crippen LogP contribution in [0.1, 0.15) is 55.0 Å². The number of para-hydroxylation sites is 2. The fourth-order valence-corrected chi connectivity index (χ4v) is 11.0. The molecule has 1 N–H and O–H groups in total. The molecule has 8 aromatic carbocycles. The maximum absolute atomic E-state index is 6.77. The number of benzene rings is 8. The van der Waals surface area contributed by atoms with E-state index in [4.69, 9.17) is 14.4 Å². The molecule has 10 aromatic rings. The molecule has 0 spiro atoms. The normalized spacial score (nSPS) is 15.6. The van der Waals surface area contributed by atoms with Crippen LogP contribution in [0.5, 0.6) is 0 Å². The summed E-state index contributed by atoms with van der Waals surface area (Å²) in [5.41, 5.74) is 22.8. The topological polar surface area (TPSA) is 51.0 Å². The maximum atomic E-state index is 6.77. The fourth-order valence-electron chi connectivity index (χ4n) is 11.0. The van der Waals surface area contributed by atoms with Gasteiger partial charge in [0.15, 0.2) is 5.82 Å². The Hall–Kier alpha value is -8.08. The van der Waals surface area contributed by atoms with Gasteiger partial charge < -0.3 is 9.73 Å². The molecule has 3 aliphatic rings. The van der Waals surface area contributed by atoms with Gasteiger partial charge in [-0.3, -0.25) is 0 Å². The summed E-state index contributed by atoms with van der Waals surface area (Å²) in [7, 11) is 0. The third-order valence-corrected chi connectivity index (χ3v) is 14.2. The minimum atomic E-state index is -0.184. The van der Waals surface area contributed by atoms with Crippen molar-refractivity contribution >= 4 is 33.2 Å². The lowest BCUT2D eigenvalue weighted by atomic mass is 9.79. The Labute approximate surface area is 384 Å². The van der Waals surface area contributed by atoms with E-state index in [2.05, 4.69) is 213 Å². The third kappa shape index (κ3) is 6.13. The second-order valence-corrected chi connectivity index (χ2v) is 18.4. The average Bonchev–Trinajstić information content (AvgIpc) is 3.87. The summed E-state index contributed by atoms with van der Waals surface area (Å²) in [5.74, 6) is 0.707. The van der Waals surface area contributed by atoms with Gasteiger partial charge in [-0.25, -0.2) is 9.97 Å². The molecule has 0 fully saturated rings. The average molecular weight is 848 g/mol. The number of hydrogen-bond donors (Lipinski definition) is 1. The fraction of sp³-hybridized carbons (Fsp3) is 0.0968. The lowest BCUT2D eigenvalue weighted by Crippen LogP contribution is -2.19. The van der Waals surface area contributed by atoms with E-state index < -0.39 is 0 Å². The molecule has 0 saturated carbocycles. The molecule has 13 rings (SSSR count).